The highest BCUT2D eigenvalue weighted by Crippen LogP contribution is 2.15. The molecule has 5 N–H and O–H groups in total. The van der Waals surface area contributed by atoms with Crippen molar-refractivity contribution >= 4 is 58.3 Å². The van der Waals surface area contributed by atoms with Crippen molar-refractivity contribution < 1.29 is 29.4 Å². The number of rotatable bonds is 10. The van der Waals surface area contributed by atoms with Crippen LogP contribution < -0.4 is 16.0 Å². The lowest BCUT2D eigenvalue weighted by molar-refractivity contribution is -0.144. The lowest BCUT2D eigenvalue weighted by Crippen LogP contribution is -2.49. The van der Waals surface area contributed by atoms with Gasteiger partial charge in [-0.15, -0.1) is 0 Å². The van der Waals surface area contributed by atoms with Crippen LogP contribution in [-0.4, -0.2) is 46.0 Å². The van der Waals surface area contributed by atoms with Gasteiger partial charge in [-0.25, -0.2) is 0 Å². The Morgan fingerprint density at radius 3 is 1.29 bits per heavy atom. The van der Waals surface area contributed by atoms with Crippen LogP contribution >= 0.6 is 23.2 Å². The Balaban J connectivity index is 1.98. The van der Waals surface area contributed by atoms with Crippen molar-refractivity contribution in [2.24, 2.45) is 0 Å². The number of carbonyl (C=O) groups is 4. The number of carboxylic acid groups (broad SMARTS) is 2. The van der Waals surface area contributed by atoms with E-state index in [1.54, 1.807) is 24.3 Å². The topological polar surface area (TPSA) is 145 Å². The highest BCUT2D eigenvalue weighted by atomic mass is 35.5. The second kappa shape index (κ2) is 11.3. The summed E-state index contributed by atoms with van der Waals surface area (Å²) in [7, 11) is 0. The van der Waals surface area contributed by atoms with Crippen LogP contribution in [0.25, 0.3) is 0 Å². The Bertz CT molecular complexity index is 873. The Kier molecular flexibility index (Phi) is 8.80. The average Bonchev–Trinajstić information content (AvgIpc) is 2.70. The normalized spacial score (nSPS) is 12.5. The van der Waals surface area contributed by atoms with Crippen LogP contribution in [0.4, 0.5) is 11.4 Å². The van der Waals surface area contributed by atoms with Gasteiger partial charge in [0.2, 0.25) is 11.8 Å². The average molecular weight is 468 g/mol. The molecule has 31 heavy (non-hydrogen) atoms. The first-order chi connectivity index (χ1) is 14.6. The van der Waals surface area contributed by atoms with Crippen LogP contribution in [0, 0.1) is 0 Å². The number of amides is 2. The smallest absolute Gasteiger partial charge is 0.321 e. The molecule has 0 heterocycles. The van der Waals surface area contributed by atoms with Crippen LogP contribution in [0.3, 0.4) is 0 Å². The fourth-order valence-corrected chi connectivity index (χ4v) is 2.79. The summed E-state index contributed by atoms with van der Waals surface area (Å²) < 4.78 is 0. The molecule has 0 spiro atoms. The number of carboxylic acids is 2. The van der Waals surface area contributed by atoms with Crippen molar-refractivity contribution in [1.29, 1.82) is 0 Å². The summed E-state index contributed by atoms with van der Waals surface area (Å²) in [5, 5.41) is 27.0. The fraction of sp³-hybridized carbons (Fsp3) is 0.200. The molecule has 2 atom stereocenters. The molecule has 9 nitrogen and oxygen atoms in total. The van der Waals surface area contributed by atoms with E-state index >= 15 is 0 Å². The quantitative estimate of drug-likeness (QED) is 0.361. The first kappa shape index (κ1) is 24.1. The largest absolute Gasteiger partial charge is 0.480 e. The molecular formula is C20H19Cl2N3O6. The van der Waals surface area contributed by atoms with Crippen LogP contribution in [0.1, 0.15) is 12.8 Å². The minimum Gasteiger partial charge on any atom is -0.480 e. The van der Waals surface area contributed by atoms with E-state index in [9.17, 15) is 29.4 Å². The fourth-order valence-electron chi connectivity index (χ4n) is 2.54. The molecule has 2 aromatic carbocycles. The molecule has 0 unspecified atom stereocenters. The number of hydrogen-bond acceptors (Lipinski definition) is 5. The van der Waals surface area contributed by atoms with E-state index in [0.29, 0.717) is 21.4 Å². The Labute approximate surface area is 187 Å². The van der Waals surface area contributed by atoms with Gasteiger partial charge in [0.15, 0.2) is 0 Å². The van der Waals surface area contributed by atoms with Crippen molar-refractivity contribution in [3.63, 3.8) is 0 Å². The predicted molar refractivity (Wildman–Crippen MR) is 115 cm³/mol. The molecule has 2 aromatic rings. The molecule has 0 saturated heterocycles. The minimum absolute atomic E-state index is 0.399. The molecule has 0 bridgehead atoms. The van der Waals surface area contributed by atoms with Gasteiger partial charge in [-0.2, -0.15) is 0 Å². The SMILES string of the molecule is O=C(C[C@H](N[C@@H](CC(=O)Nc1ccc(Cl)cc1)C(=O)O)C(=O)O)Nc1ccc(Cl)cc1. The summed E-state index contributed by atoms with van der Waals surface area (Å²) in [5.74, 6) is -4.18. The van der Waals surface area contributed by atoms with Crippen molar-refractivity contribution in [2.75, 3.05) is 10.6 Å². The second-order valence-electron chi connectivity index (χ2n) is 6.47. The zero-order chi connectivity index (χ0) is 23.0. The number of hydrogen-bond donors (Lipinski definition) is 5. The zero-order valence-electron chi connectivity index (χ0n) is 16.0. The van der Waals surface area contributed by atoms with Crippen molar-refractivity contribution in [3.05, 3.63) is 58.6 Å². The van der Waals surface area contributed by atoms with E-state index in [1.165, 1.54) is 24.3 Å². The number of nitrogens with one attached hydrogen (secondary N) is 3. The van der Waals surface area contributed by atoms with Gasteiger partial charge < -0.3 is 20.8 Å². The number of halogens is 2. The van der Waals surface area contributed by atoms with E-state index in [1.807, 2.05) is 0 Å². The molecule has 0 aliphatic heterocycles. The molecule has 2 rings (SSSR count). The van der Waals surface area contributed by atoms with E-state index in [2.05, 4.69) is 16.0 Å². The predicted octanol–water partition coefficient (Wildman–Crippen LogP) is 2.85. The molecule has 164 valence electrons. The van der Waals surface area contributed by atoms with Crippen LogP contribution in [0.2, 0.25) is 10.0 Å². The molecule has 2 amide bonds. The monoisotopic (exact) mass is 467 g/mol. The third kappa shape index (κ3) is 8.25. The molecule has 0 saturated carbocycles. The van der Waals surface area contributed by atoms with Crippen LogP contribution in [0.15, 0.2) is 48.5 Å². The highest BCUT2D eigenvalue weighted by Gasteiger charge is 2.29. The minimum atomic E-state index is -1.53. The molecule has 11 heteroatoms. The third-order valence-electron chi connectivity index (χ3n) is 4.03. The molecule has 0 aliphatic rings. The summed E-state index contributed by atoms with van der Waals surface area (Å²) >= 11 is 11.5. The lowest BCUT2D eigenvalue weighted by atomic mass is 10.1. The first-order valence-corrected chi connectivity index (χ1v) is 9.72. The lowest BCUT2D eigenvalue weighted by Gasteiger charge is -2.20. The van der Waals surface area contributed by atoms with Gasteiger partial charge in [0.05, 0.1) is 12.8 Å². The maximum atomic E-state index is 12.2. The van der Waals surface area contributed by atoms with Gasteiger partial charge in [0, 0.05) is 21.4 Å². The van der Waals surface area contributed by atoms with E-state index in [0.717, 1.165) is 0 Å². The van der Waals surface area contributed by atoms with Gasteiger partial charge in [-0.05, 0) is 48.5 Å². The van der Waals surface area contributed by atoms with Crippen LogP contribution in [0.5, 0.6) is 0 Å². The number of benzene rings is 2. The summed E-state index contributed by atoms with van der Waals surface area (Å²) in [6.07, 6.45) is -1.11. The number of aliphatic carboxylic acids is 2. The molecule has 0 aliphatic carbocycles. The molecular weight excluding hydrogens is 449 g/mol. The number of anilines is 2. The van der Waals surface area contributed by atoms with Crippen molar-refractivity contribution in [3.8, 4) is 0 Å². The summed E-state index contributed by atoms with van der Waals surface area (Å²) in [6.45, 7) is 0. The van der Waals surface area contributed by atoms with Gasteiger partial charge in [0.1, 0.15) is 12.1 Å². The van der Waals surface area contributed by atoms with Crippen LogP contribution in [-0.2, 0) is 19.2 Å². The first-order valence-electron chi connectivity index (χ1n) is 8.96. The third-order valence-corrected chi connectivity index (χ3v) is 4.54. The second-order valence-corrected chi connectivity index (χ2v) is 7.34. The highest BCUT2D eigenvalue weighted by molar-refractivity contribution is 6.31. The Morgan fingerprint density at radius 1 is 0.677 bits per heavy atom. The standard InChI is InChI=1S/C20H19Cl2N3O6/c21-11-1-5-13(6-2-11)23-17(26)9-15(19(28)29)25-16(20(30)31)10-18(27)24-14-7-3-12(22)4-8-14/h1-8,15-16,25H,9-10H2,(H,23,26)(H,24,27)(H,28,29)(H,30,31)/t15-,16-/m0/s1. The summed E-state index contributed by atoms with van der Waals surface area (Å²) in [5.41, 5.74) is 0.798. The van der Waals surface area contributed by atoms with E-state index < -0.39 is 48.7 Å². The summed E-state index contributed by atoms with van der Waals surface area (Å²) in [4.78, 5) is 47.4. The Morgan fingerprint density at radius 2 is 1.00 bits per heavy atom. The van der Waals surface area contributed by atoms with Gasteiger partial charge in [-0.3, -0.25) is 24.5 Å². The van der Waals surface area contributed by atoms with Gasteiger partial charge >= 0.3 is 11.9 Å². The zero-order valence-corrected chi connectivity index (χ0v) is 17.5. The van der Waals surface area contributed by atoms with Gasteiger partial charge in [-0.1, -0.05) is 23.2 Å². The van der Waals surface area contributed by atoms with E-state index in [4.69, 9.17) is 23.2 Å². The maximum Gasteiger partial charge on any atom is 0.321 e. The van der Waals surface area contributed by atoms with Gasteiger partial charge in [0.25, 0.3) is 0 Å². The summed E-state index contributed by atoms with van der Waals surface area (Å²) in [6, 6.07) is 9.25. The molecule has 0 aromatic heterocycles. The van der Waals surface area contributed by atoms with Crippen molar-refractivity contribution in [2.45, 2.75) is 24.9 Å². The molecule has 0 radical (unpaired) electrons. The van der Waals surface area contributed by atoms with Crippen molar-refractivity contribution in [1.82, 2.24) is 5.32 Å². The molecule has 0 fully saturated rings. The maximum absolute atomic E-state index is 12.2. The van der Waals surface area contributed by atoms with E-state index in [-0.39, 0.29) is 0 Å². The Hall–Kier alpha value is -3.14. The number of carbonyl (C=O) groups excluding carboxylic acids is 2.